The molecule has 0 aromatic heterocycles. The highest BCUT2D eigenvalue weighted by Crippen LogP contribution is 2.34. The van der Waals surface area contributed by atoms with Gasteiger partial charge in [-0.15, -0.1) is 0 Å². The molecule has 1 amide bonds. The number of sulfone groups is 1. The molecule has 2 rings (SSSR count). The second-order valence-electron chi connectivity index (χ2n) is 6.84. The van der Waals surface area contributed by atoms with Crippen molar-refractivity contribution in [3.63, 3.8) is 0 Å². The van der Waals surface area contributed by atoms with Gasteiger partial charge in [-0.05, 0) is 48.4 Å². The molecule has 0 bridgehead atoms. The maximum absolute atomic E-state index is 12.8. The van der Waals surface area contributed by atoms with Crippen molar-refractivity contribution in [2.45, 2.75) is 31.0 Å². The van der Waals surface area contributed by atoms with Gasteiger partial charge in [0, 0.05) is 11.9 Å². The number of halogens is 4. The zero-order valence-corrected chi connectivity index (χ0v) is 17.4. The lowest BCUT2D eigenvalue weighted by Gasteiger charge is -2.24. The molecule has 0 aliphatic heterocycles. The normalized spacial score (nSPS) is 13.2. The van der Waals surface area contributed by atoms with Crippen molar-refractivity contribution in [3.05, 3.63) is 53.1 Å². The van der Waals surface area contributed by atoms with E-state index in [0.29, 0.717) is 5.69 Å². The minimum absolute atomic E-state index is 0.116. The summed E-state index contributed by atoms with van der Waals surface area (Å²) in [5.41, 5.74) is -0.307. The van der Waals surface area contributed by atoms with Crippen LogP contribution in [0.4, 0.5) is 24.5 Å². The molecule has 10 heteroatoms. The maximum atomic E-state index is 12.8. The van der Waals surface area contributed by atoms with Gasteiger partial charge in [0.05, 0.1) is 21.2 Å². The Hall–Kier alpha value is -2.26. The van der Waals surface area contributed by atoms with Crippen molar-refractivity contribution < 1.29 is 26.4 Å². The van der Waals surface area contributed by atoms with Gasteiger partial charge in [0.1, 0.15) is 6.04 Å². The van der Waals surface area contributed by atoms with Crippen molar-refractivity contribution >= 4 is 38.7 Å². The second kappa shape index (κ2) is 8.62. The average Bonchev–Trinajstić information content (AvgIpc) is 2.59. The molecule has 1 unspecified atom stereocenters. The van der Waals surface area contributed by atoms with E-state index in [1.807, 2.05) is 0 Å². The Labute approximate surface area is 172 Å². The predicted octanol–water partition coefficient (Wildman–Crippen LogP) is 4.84. The molecular weight excluding hydrogens is 429 g/mol. The standard InChI is InChI=1S/C19H20ClF3N2O3S/c1-11(2)17(25-16-9-4-12(10-15(16)20)19(21,22)23)18(26)24-13-5-7-14(8-6-13)29(3,27)28/h4-11,17,25H,1-3H3,(H,24,26). The lowest BCUT2D eigenvalue weighted by molar-refractivity contribution is -0.137. The van der Waals surface area contributed by atoms with Crippen molar-refractivity contribution in [1.29, 1.82) is 0 Å². The highest BCUT2D eigenvalue weighted by molar-refractivity contribution is 7.90. The molecule has 0 saturated carbocycles. The summed E-state index contributed by atoms with van der Waals surface area (Å²) in [6.45, 7) is 3.53. The second-order valence-corrected chi connectivity index (χ2v) is 9.27. The molecule has 158 valence electrons. The van der Waals surface area contributed by atoms with Gasteiger partial charge in [-0.25, -0.2) is 8.42 Å². The summed E-state index contributed by atoms with van der Waals surface area (Å²) in [6, 6.07) is 7.71. The number of nitrogens with one attached hydrogen (secondary N) is 2. The van der Waals surface area contributed by atoms with Gasteiger partial charge >= 0.3 is 6.18 Å². The van der Waals surface area contributed by atoms with E-state index >= 15 is 0 Å². The highest BCUT2D eigenvalue weighted by Gasteiger charge is 2.31. The molecule has 2 N–H and O–H groups in total. The van der Waals surface area contributed by atoms with Gasteiger partial charge < -0.3 is 10.6 Å². The SMILES string of the molecule is CC(C)C(Nc1ccc(C(F)(F)F)cc1Cl)C(=O)Nc1ccc(S(C)(=O)=O)cc1. The average molecular weight is 449 g/mol. The van der Waals surface area contributed by atoms with E-state index in [4.69, 9.17) is 11.6 Å². The van der Waals surface area contributed by atoms with Crippen LogP contribution in [-0.4, -0.2) is 26.6 Å². The largest absolute Gasteiger partial charge is 0.416 e. The number of rotatable bonds is 6. The van der Waals surface area contributed by atoms with Crippen LogP contribution in [0.15, 0.2) is 47.4 Å². The first-order valence-corrected chi connectivity index (χ1v) is 10.8. The smallest absolute Gasteiger partial charge is 0.372 e. The first kappa shape index (κ1) is 23.0. The molecule has 2 aromatic carbocycles. The number of carbonyl (C=O) groups is 1. The lowest BCUT2D eigenvalue weighted by atomic mass is 10.0. The Balaban J connectivity index is 2.18. The third-order valence-electron chi connectivity index (χ3n) is 4.11. The molecule has 5 nitrogen and oxygen atoms in total. The summed E-state index contributed by atoms with van der Waals surface area (Å²) in [7, 11) is -3.36. The van der Waals surface area contributed by atoms with Gasteiger partial charge in [-0.1, -0.05) is 25.4 Å². The molecule has 29 heavy (non-hydrogen) atoms. The molecule has 2 aromatic rings. The zero-order chi connectivity index (χ0) is 22.0. The summed E-state index contributed by atoms with van der Waals surface area (Å²) in [6.07, 6.45) is -3.44. The van der Waals surface area contributed by atoms with Gasteiger partial charge in [0.25, 0.3) is 0 Å². The Morgan fingerprint density at radius 2 is 1.66 bits per heavy atom. The summed E-state index contributed by atoms with van der Waals surface area (Å²) in [4.78, 5) is 12.8. The molecule has 0 saturated heterocycles. The van der Waals surface area contributed by atoms with E-state index in [1.165, 1.54) is 30.3 Å². The van der Waals surface area contributed by atoms with Gasteiger partial charge in [0.2, 0.25) is 5.91 Å². The molecule has 0 radical (unpaired) electrons. The fraction of sp³-hybridized carbons (Fsp3) is 0.316. The summed E-state index contributed by atoms with van der Waals surface area (Å²) in [5.74, 6) is -0.660. The Morgan fingerprint density at radius 3 is 2.10 bits per heavy atom. The molecule has 0 aliphatic carbocycles. The number of hydrogen-bond acceptors (Lipinski definition) is 4. The Morgan fingerprint density at radius 1 is 1.07 bits per heavy atom. The van der Waals surface area contributed by atoms with Crippen LogP contribution >= 0.6 is 11.6 Å². The third kappa shape index (κ3) is 6.11. The summed E-state index contributed by atoms with van der Waals surface area (Å²) >= 11 is 5.96. The fourth-order valence-electron chi connectivity index (χ4n) is 2.52. The van der Waals surface area contributed by atoms with Crippen molar-refractivity contribution in [2.75, 3.05) is 16.9 Å². The number of hydrogen-bond donors (Lipinski definition) is 2. The van der Waals surface area contributed by atoms with Crippen LogP contribution in [0.5, 0.6) is 0 Å². The molecular formula is C19H20ClF3N2O3S. The van der Waals surface area contributed by atoms with E-state index in [-0.39, 0.29) is 21.5 Å². The Bertz CT molecular complexity index is 991. The molecule has 1 atom stereocenters. The fourth-order valence-corrected chi connectivity index (χ4v) is 3.38. The predicted molar refractivity (Wildman–Crippen MR) is 107 cm³/mol. The minimum Gasteiger partial charge on any atom is -0.372 e. The lowest BCUT2D eigenvalue weighted by Crippen LogP contribution is -2.39. The monoisotopic (exact) mass is 448 g/mol. The summed E-state index contributed by atoms with van der Waals surface area (Å²) < 4.78 is 61.4. The van der Waals surface area contributed by atoms with E-state index in [9.17, 15) is 26.4 Å². The van der Waals surface area contributed by atoms with Crippen LogP contribution in [-0.2, 0) is 20.8 Å². The Kier molecular flexibility index (Phi) is 6.85. The number of amides is 1. The van der Waals surface area contributed by atoms with Crippen LogP contribution in [0.25, 0.3) is 0 Å². The maximum Gasteiger partial charge on any atom is 0.416 e. The van der Waals surface area contributed by atoms with Crippen LogP contribution in [0, 0.1) is 5.92 Å². The van der Waals surface area contributed by atoms with Gasteiger partial charge in [-0.3, -0.25) is 4.79 Å². The molecule has 0 fully saturated rings. The molecule has 0 aliphatic rings. The van der Waals surface area contributed by atoms with Gasteiger partial charge in [-0.2, -0.15) is 13.2 Å². The van der Waals surface area contributed by atoms with E-state index in [0.717, 1.165) is 18.4 Å². The van der Waals surface area contributed by atoms with Crippen LogP contribution in [0.3, 0.4) is 0 Å². The zero-order valence-electron chi connectivity index (χ0n) is 15.8. The van der Waals surface area contributed by atoms with Gasteiger partial charge in [0.15, 0.2) is 9.84 Å². The van der Waals surface area contributed by atoms with Crippen molar-refractivity contribution in [1.82, 2.24) is 0 Å². The van der Waals surface area contributed by atoms with E-state index < -0.39 is 33.5 Å². The number of anilines is 2. The molecule has 0 heterocycles. The summed E-state index contributed by atoms with van der Waals surface area (Å²) in [5, 5.41) is 5.38. The highest BCUT2D eigenvalue weighted by atomic mass is 35.5. The first-order chi connectivity index (χ1) is 13.3. The first-order valence-electron chi connectivity index (χ1n) is 8.53. The quantitative estimate of drug-likeness (QED) is 0.663. The minimum atomic E-state index is -4.52. The van der Waals surface area contributed by atoms with Crippen molar-refractivity contribution in [2.24, 2.45) is 5.92 Å². The third-order valence-corrected chi connectivity index (χ3v) is 5.55. The number of carbonyl (C=O) groups excluding carboxylic acids is 1. The van der Waals surface area contributed by atoms with Crippen LogP contribution in [0.2, 0.25) is 5.02 Å². The van der Waals surface area contributed by atoms with Crippen molar-refractivity contribution in [3.8, 4) is 0 Å². The van der Waals surface area contributed by atoms with Crippen LogP contribution in [0.1, 0.15) is 19.4 Å². The molecule has 0 spiro atoms. The van der Waals surface area contributed by atoms with E-state index in [1.54, 1.807) is 13.8 Å². The van der Waals surface area contributed by atoms with E-state index in [2.05, 4.69) is 10.6 Å². The number of alkyl halides is 3. The van der Waals surface area contributed by atoms with Crippen LogP contribution < -0.4 is 10.6 Å². The number of benzene rings is 2. The topological polar surface area (TPSA) is 75.3 Å².